The van der Waals surface area contributed by atoms with E-state index in [2.05, 4.69) is 16.0 Å². The lowest BCUT2D eigenvalue weighted by atomic mass is 10.2. The van der Waals surface area contributed by atoms with Gasteiger partial charge in [-0.2, -0.15) is 0 Å². The number of ether oxygens (including phenoxy) is 1. The molecule has 0 spiro atoms. The Balaban J connectivity index is 1.26. The van der Waals surface area contributed by atoms with Gasteiger partial charge in [0.15, 0.2) is 4.96 Å². The zero-order chi connectivity index (χ0) is 22.1. The normalized spacial score (nSPS) is 14.2. The van der Waals surface area contributed by atoms with Crippen molar-refractivity contribution in [3.63, 3.8) is 0 Å². The number of aromatic nitrogens is 2. The van der Waals surface area contributed by atoms with Gasteiger partial charge in [-0.1, -0.05) is 12.1 Å². The molecule has 0 atom stereocenters. The third-order valence-electron chi connectivity index (χ3n) is 5.81. The number of carbonyl (C=O) groups is 1. The molecule has 0 bridgehead atoms. The van der Waals surface area contributed by atoms with Gasteiger partial charge in [-0.3, -0.25) is 9.20 Å². The molecule has 0 saturated carbocycles. The van der Waals surface area contributed by atoms with Gasteiger partial charge >= 0.3 is 0 Å². The number of fused-ring (bicyclic) bond motifs is 1. The van der Waals surface area contributed by atoms with Crippen LogP contribution in [0, 0.1) is 5.82 Å². The minimum Gasteiger partial charge on any atom is -0.495 e. The van der Waals surface area contributed by atoms with Gasteiger partial charge in [-0.15, -0.1) is 11.3 Å². The van der Waals surface area contributed by atoms with Crippen molar-refractivity contribution in [1.82, 2.24) is 14.3 Å². The second kappa shape index (κ2) is 8.63. The summed E-state index contributed by atoms with van der Waals surface area (Å²) in [6.07, 6.45) is 2.25. The van der Waals surface area contributed by atoms with Crippen LogP contribution in [0.5, 0.6) is 5.75 Å². The lowest BCUT2D eigenvalue weighted by Gasteiger charge is -2.36. The Kier molecular flexibility index (Phi) is 5.53. The van der Waals surface area contributed by atoms with Gasteiger partial charge in [0.2, 0.25) is 5.91 Å². The monoisotopic (exact) mass is 450 g/mol. The Bertz CT molecular complexity index is 1240. The topological polar surface area (TPSA) is 50.1 Å². The average molecular weight is 451 g/mol. The smallest absolute Gasteiger partial charge is 0.228 e. The van der Waals surface area contributed by atoms with Crippen molar-refractivity contribution in [3.8, 4) is 17.0 Å². The standard InChI is InChI=1S/C24H23FN4O2S/c1-31-22-5-3-2-4-21(22)27-10-12-28(13-11-27)23(30)14-19-16-32-24-26-20(15-29(19)24)17-6-8-18(25)9-7-17/h2-9,15-16H,10-14H2,1H3. The summed E-state index contributed by atoms with van der Waals surface area (Å²) in [5, 5.41) is 1.99. The number of hydrogen-bond donors (Lipinski definition) is 0. The number of halogens is 1. The lowest BCUT2D eigenvalue weighted by molar-refractivity contribution is -0.130. The van der Waals surface area contributed by atoms with E-state index in [1.165, 1.54) is 23.5 Å². The summed E-state index contributed by atoms with van der Waals surface area (Å²) in [6.45, 7) is 2.89. The maximum absolute atomic E-state index is 13.2. The number of methoxy groups -OCH3 is 1. The first-order chi connectivity index (χ1) is 15.6. The summed E-state index contributed by atoms with van der Waals surface area (Å²) in [5.74, 6) is 0.693. The molecule has 1 fully saturated rings. The van der Waals surface area contributed by atoms with E-state index in [1.807, 2.05) is 39.1 Å². The second-order valence-corrected chi connectivity index (χ2v) is 8.57. The number of hydrogen-bond acceptors (Lipinski definition) is 5. The summed E-state index contributed by atoms with van der Waals surface area (Å²) in [7, 11) is 1.68. The van der Waals surface area contributed by atoms with Crippen molar-refractivity contribution < 1.29 is 13.9 Å². The summed E-state index contributed by atoms with van der Waals surface area (Å²) < 4.78 is 20.7. The molecule has 4 aromatic rings. The Morgan fingerprint density at radius 3 is 2.59 bits per heavy atom. The number of benzene rings is 2. The van der Waals surface area contributed by atoms with Crippen molar-refractivity contribution in [3.05, 3.63) is 71.6 Å². The quantitative estimate of drug-likeness (QED) is 0.459. The fourth-order valence-corrected chi connectivity index (χ4v) is 4.94. The van der Waals surface area contributed by atoms with Gasteiger partial charge < -0.3 is 14.5 Å². The first kappa shape index (κ1) is 20.5. The molecule has 1 aliphatic heterocycles. The summed E-state index contributed by atoms with van der Waals surface area (Å²) in [6, 6.07) is 14.3. The van der Waals surface area contributed by atoms with Crippen LogP contribution >= 0.6 is 11.3 Å². The third-order valence-corrected chi connectivity index (χ3v) is 6.70. The molecule has 1 amide bonds. The van der Waals surface area contributed by atoms with E-state index in [1.54, 1.807) is 19.2 Å². The van der Waals surface area contributed by atoms with Gasteiger partial charge in [0.25, 0.3) is 0 Å². The molecule has 164 valence electrons. The third kappa shape index (κ3) is 3.93. The maximum atomic E-state index is 13.2. The Hall–Kier alpha value is -3.39. The average Bonchev–Trinajstić information content (AvgIpc) is 3.41. The fraction of sp³-hybridized carbons (Fsp3) is 0.250. The number of nitrogens with zero attached hydrogens (tertiary/aromatic N) is 4. The van der Waals surface area contributed by atoms with E-state index in [9.17, 15) is 9.18 Å². The number of para-hydroxylation sites is 2. The molecule has 0 unspecified atom stereocenters. The zero-order valence-electron chi connectivity index (χ0n) is 17.7. The van der Waals surface area contributed by atoms with Crippen LogP contribution in [-0.4, -0.2) is 53.5 Å². The molecule has 2 aromatic carbocycles. The van der Waals surface area contributed by atoms with Crippen molar-refractivity contribution in [2.45, 2.75) is 6.42 Å². The molecule has 8 heteroatoms. The number of piperazine rings is 1. The highest BCUT2D eigenvalue weighted by Gasteiger charge is 2.24. The molecule has 0 radical (unpaired) electrons. The maximum Gasteiger partial charge on any atom is 0.228 e. The minimum absolute atomic E-state index is 0.112. The van der Waals surface area contributed by atoms with E-state index < -0.39 is 0 Å². The summed E-state index contributed by atoms with van der Waals surface area (Å²) in [5.41, 5.74) is 3.61. The van der Waals surface area contributed by atoms with Crippen LogP contribution in [0.3, 0.4) is 0 Å². The highest BCUT2D eigenvalue weighted by atomic mass is 32.1. The van der Waals surface area contributed by atoms with Crippen LogP contribution in [0.25, 0.3) is 16.2 Å². The molecule has 0 N–H and O–H groups in total. The van der Waals surface area contributed by atoms with Crippen molar-refractivity contribution >= 4 is 27.9 Å². The number of anilines is 1. The first-order valence-electron chi connectivity index (χ1n) is 10.5. The SMILES string of the molecule is COc1ccccc1N1CCN(C(=O)Cc2csc3nc(-c4ccc(F)cc4)cn23)CC1. The van der Waals surface area contributed by atoms with Gasteiger partial charge in [-0.25, -0.2) is 9.37 Å². The summed E-state index contributed by atoms with van der Waals surface area (Å²) in [4.78, 5) is 22.6. The van der Waals surface area contributed by atoms with Gasteiger partial charge in [-0.05, 0) is 36.4 Å². The van der Waals surface area contributed by atoms with E-state index in [0.29, 0.717) is 19.5 Å². The number of thiazole rings is 1. The van der Waals surface area contributed by atoms with E-state index >= 15 is 0 Å². The second-order valence-electron chi connectivity index (χ2n) is 7.73. The van der Waals surface area contributed by atoms with Crippen LogP contribution in [0.2, 0.25) is 0 Å². The highest BCUT2D eigenvalue weighted by Crippen LogP contribution is 2.29. The zero-order valence-corrected chi connectivity index (χ0v) is 18.5. The van der Waals surface area contributed by atoms with Crippen molar-refractivity contribution in [2.75, 3.05) is 38.2 Å². The van der Waals surface area contributed by atoms with Crippen LogP contribution in [-0.2, 0) is 11.2 Å². The Labute approximate surface area is 189 Å². The molecule has 3 heterocycles. The van der Waals surface area contributed by atoms with Crippen LogP contribution in [0.4, 0.5) is 10.1 Å². The highest BCUT2D eigenvalue weighted by molar-refractivity contribution is 7.15. The van der Waals surface area contributed by atoms with Gasteiger partial charge in [0.05, 0.1) is 24.9 Å². The van der Waals surface area contributed by atoms with Crippen LogP contribution in [0.15, 0.2) is 60.1 Å². The molecule has 32 heavy (non-hydrogen) atoms. The van der Waals surface area contributed by atoms with E-state index in [4.69, 9.17) is 4.74 Å². The Morgan fingerprint density at radius 2 is 1.84 bits per heavy atom. The lowest BCUT2D eigenvalue weighted by Crippen LogP contribution is -2.49. The van der Waals surface area contributed by atoms with Gasteiger partial charge in [0, 0.05) is 49.0 Å². The van der Waals surface area contributed by atoms with Gasteiger partial charge in [0.1, 0.15) is 11.6 Å². The molecule has 6 nitrogen and oxygen atoms in total. The number of imidazole rings is 1. The first-order valence-corrected chi connectivity index (χ1v) is 11.4. The number of rotatable bonds is 5. The van der Waals surface area contributed by atoms with E-state index in [0.717, 1.165) is 46.4 Å². The minimum atomic E-state index is -0.271. The van der Waals surface area contributed by atoms with E-state index in [-0.39, 0.29) is 11.7 Å². The number of carbonyl (C=O) groups excluding carboxylic acids is 1. The Morgan fingerprint density at radius 1 is 1.09 bits per heavy atom. The molecule has 1 saturated heterocycles. The van der Waals surface area contributed by atoms with Crippen LogP contribution < -0.4 is 9.64 Å². The molecule has 5 rings (SSSR count). The predicted octanol–water partition coefficient (Wildman–Crippen LogP) is 4.10. The fourth-order valence-electron chi connectivity index (χ4n) is 4.07. The predicted molar refractivity (Wildman–Crippen MR) is 124 cm³/mol. The molecular formula is C24H23FN4O2S. The molecule has 1 aliphatic rings. The van der Waals surface area contributed by atoms with Crippen molar-refractivity contribution in [1.29, 1.82) is 0 Å². The van der Waals surface area contributed by atoms with Crippen molar-refractivity contribution in [2.24, 2.45) is 0 Å². The van der Waals surface area contributed by atoms with Crippen LogP contribution in [0.1, 0.15) is 5.69 Å². The molecule has 0 aliphatic carbocycles. The molecular weight excluding hydrogens is 427 g/mol. The summed E-state index contributed by atoms with van der Waals surface area (Å²) >= 11 is 1.51. The molecule has 2 aromatic heterocycles. The largest absolute Gasteiger partial charge is 0.495 e. The number of amides is 1.